The van der Waals surface area contributed by atoms with Gasteiger partial charge < -0.3 is 5.11 Å². The largest absolute Gasteiger partial charge is 0.480 e. The van der Waals surface area contributed by atoms with Gasteiger partial charge in [-0.05, 0) is 53.8 Å². The lowest BCUT2D eigenvalue weighted by Crippen LogP contribution is -2.39. The molecule has 1 fully saturated rings. The van der Waals surface area contributed by atoms with E-state index in [4.69, 9.17) is 0 Å². The summed E-state index contributed by atoms with van der Waals surface area (Å²) in [5.74, 6) is -0.742. The van der Waals surface area contributed by atoms with Crippen LogP contribution in [0.5, 0.6) is 0 Å². The summed E-state index contributed by atoms with van der Waals surface area (Å²) in [4.78, 5) is 18.5. The molecule has 5 heteroatoms. The number of fused-ring (bicyclic) bond motifs is 1. The molecule has 4 rings (SSSR count). The topological polar surface area (TPSA) is 53.4 Å². The molecule has 1 saturated heterocycles. The molecule has 2 atom stereocenters. The summed E-state index contributed by atoms with van der Waals surface area (Å²) in [5.41, 5.74) is 3.18. The van der Waals surface area contributed by atoms with Crippen molar-refractivity contribution in [1.29, 1.82) is 0 Å². The quantitative estimate of drug-likeness (QED) is 0.763. The zero-order valence-corrected chi connectivity index (χ0v) is 14.9. The van der Waals surface area contributed by atoms with E-state index in [9.17, 15) is 9.90 Å². The number of carboxylic acids is 1. The first kappa shape index (κ1) is 16.2. The standard InChI is InChI=1S/C20H20N2O2S/c1-13-8-9-16(21-11-13)19(22-10-4-6-17(22)20(23)24)15-12-25-18-7-3-2-5-14(15)18/h2-3,5,7-9,11-12,17,19H,4,6,10H2,1H3,(H,23,24). The highest BCUT2D eigenvalue weighted by Gasteiger charge is 2.38. The van der Waals surface area contributed by atoms with Crippen LogP contribution in [0.4, 0.5) is 0 Å². The zero-order valence-electron chi connectivity index (χ0n) is 14.1. The number of nitrogens with zero attached hydrogens (tertiary/aromatic N) is 2. The molecule has 2 unspecified atom stereocenters. The van der Waals surface area contributed by atoms with Crippen LogP contribution in [-0.2, 0) is 4.79 Å². The highest BCUT2D eigenvalue weighted by atomic mass is 32.1. The second-order valence-electron chi connectivity index (χ2n) is 6.58. The Hall–Kier alpha value is -2.24. The fourth-order valence-electron chi connectivity index (χ4n) is 3.72. The third kappa shape index (κ3) is 2.94. The summed E-state index contributed by atoms with van der Waals surface area (Å²) in [7, 11) is 0. The maximum absolute atomic E-state index is 11.8. The van der Waals surface area contributed by atoms with Gasteiger partial charge in [-0.15, -0.1) is 11.3 Å². The molecule has 2 aromatic heterocycles. The molecule has 1 aromatic carbocycles. The van der Waals surface area contributed by atoms with Crippen molar-refractivity contribution in [2.24, 2.45) is 0 Å². The van der Waals surface area contributed by atoms with Crippen LogP contribution in [0.15, 0.2) is 48.0 Å². The van der Waals surface area contributed by atoms with E-state index in [1.54, 1.807) is 11.3 Å². The first-order valence-corrected chi connectivity index (χ1v) is 9.40. The number of benzene rings is 1. The van der Waals surface area contributed by atoms with Crippen molar-refractivity contribution < 1.29 is 9.90 Å². The number of thiophene rings is 1. The van der Waals surface area contributed by atoms with E-state index < -0.39 is 12.0 Å². The second kappa shape index (κ2) is 6.58. The number of rotatable bonds is 4. The molecule has 0 aliphatic carbocycles. The van der Waals surface area contributed by atoms with Crippen molar-refractivity contribution >= 4 is 27.4 Å². The van der Waals surface area contributed by atoms with Gasteiger partial charge in [0, 0.05) is 17.4 Å². The molecular formula is C20H20N2O2S. The molecule has 4 nitrogen and oxygen atoms in total. The van der Waals surface area contributed by atoms with Crippen molar-refractivity contribution in [1.82, 2.24) is 9.88 Å². The number of hydrogen-bond acceptors (Lipinski definition) is 4. The number of aromatic nitrogens is 1. The Bertz CT molecular complexity index is 903. The highest BCUT2D eigenvalue weighted by molar-refractivity contribution is 7.17. The Morgan fingerprint density at radius 3 is 2.92 bits per heavy atom. The summed E-state index contributed by atoms with van der Waals surface area (Å²) >= 11 is 1.71. The molecule has 0 bridgehead atoms. The minimum Gasteiger partial charge on any atom is -0.480 e. The van der Waals surface area contributed by atoms with Gasteiger partial charge in [-0.1, -0.05) is 24.3 Å². The number of carboxylic acid groups (broad SMARTS) is 1. The van der Waals surface area contributed by atoms with Gasteiger partial charge in [-0.2, -0.15) is 0 Å². The molecule has 3 aromatic rings. The van der Waals surface area contributed by atoms with Crippen molar-refractivity contribution in [2.75, 3.05) is 6.54 Å². The Morgan fingerprint density at radius 1 is 1.32 bits per heavy atom. The van der Waals surface area contributed by atoms with E-state index >= 15 is 0 Å². The minimum atomic E-state index is -0.742. The van der Waals surface area contributed by atoms with Crippen molar-refractivity contribution in [3.63, 3.8) is 0 Å². The highest BCUT2D eigenvalue weighted by Crippen LogP contribution is 2.39. The smallest absolute Gasteiger partial charge is 0.320 e. The van der Waals surface area contributed by atoms with Gasteiger partial charge in [-0.3, -0.25) is 14.7 Å². The maximum atomic E-state index is 11.8. The summed E-state index contributed by atoms with van der Waals surface area (Å²) in [6.07, 6.45) is 3.46. The number of aryl methyl sites for hydroxylation is 1. The summed E-state index contributed by atoms with van der Waals surface area (Å²) < 4.78 is 1.22. The Morgan fingerprint density at radius 2 is 2.16 bits per heavy atom. The predicted molar refractivity (Wildman–Crippen MR) is 100 cm³/mol. The second-order valence-corrected chi connectivity index (χ2v) is 7.50. The molecule has 0 radical (unpaired) electrons. The fourth-order valence-corrected chi connectivity index (χ4v) is 4.70. The molecule has 1 aliphatic rings. The first-order chi connectivity index (χ1) is 12.1. The van der Waals surface area contributed by atoms with Crippen LogP contribution in [-0.4, -0.2) is 33.5 Å². The lowest BCUT2D eigenvalue weighted by molar-refractivity contribution is -0.142. The number of aliphatic carboxylic acids is 1. The Labute approximate surface area is 150 Å². The number of carbonyl (C=O) groups is 1. The van der Waals surface area contributed by atoms with E-state index in [-0.39, 0.29) is 6.04 Å². The van der Waals surface area contributed by atoms with Gasteiger partial charge >= 0.3 is 5.97 Å². The van der Waals surface area contributed by atoms with E-state index in [0.717, 1.165) is 29.8 Å². The molecular weight excluding hydrogens is 332 g/mol. The van der Waals surface area contributed by atoms with Crippen LogP contribution < -0.4 is 0 Å². The lowest BCUT2D eigenvalue weighted by atomic mass is 9.99. The molecule has 25 heavy (non-hydrogen) atoms. The minimum absolute atomic E-state index is 0.125. The van der Waals surface area contributed by atoms with Crippen molar-refractivity contribution in [3.8, 4) is 0 Å². The monoisotopic (exact) mass is 352 g/mol. The number of pyridine rings is 1. The van der Waals surface area contributed by atoms with Crippen LogP contribution in [0.25, 0.3) is 10.1 Å². The van der Waals surface area contributed by atoms with Gasteiger partial charge in [-0.25, -0.2) is 0 Å². The van der Waals surface area contributed by atoms with Crippen LogP contribution in [0.3, 0.4) is 0 Å². The molecule has 1 aliphatic heterocycles. The molecule has 0 saturated carbocycles. The van der Waals surface area contributed by atoms with Crippen LogP contribution in [0.1, 0.15) is 35.7 Å². The Balaban J connectivity index is 1.86. The average molecular weight is 352 g/mol. The number of likely N-dealkylation sites (tertiary alicyclic amines) is 1. The molecule has 128 valence electrons. The normalized spacial score (nSPS) is 19.3. The van der Waals surface area contributed by atoms with E-state index in [0.29, 0.717) is 6.42 Å². The third-order valence-corrected chi connectivity index (χ3v) is 5.91. The Kier molecular flexibility index (Phi) is 4.27. The van der Waals surface area contributed by atoms with E-state index in [1.807, 2.05) is 31.3 Å². The predicted octanol–water partition coefficient (Wildman–Crippen LogP) is 4.24. The van der Waals surface area contributed by atoms with Crippen molar-refractivity contribution in [2.45, 2.75) is 31.8 Å². The van der Waals surface area contributed by atoms with E-state index in [2.05, 4.69) is 33.5 Å². The van der Waals surface area contributed by atoms with Crippen LogP contribution in [0, 0.1) is 6.92 Å². The lowest BCUT2D eigenvalue weighted by Gasteiger charge is -2.31. The van der Waals surface area contributed by atoms with Crippen LogP contribution >= 0.6 is 11.3 Å². The SMILES string of the molecule is Cc1ccc(C(c2csc3ccccc23)N2CCCC2C(=O)O)nc1. The van der Waals surface area contributed by atoms with E-state index in [1.165, 1.54) is 10.1 Å². The molecule has 0 amide bonds. The van der Waals surface area contributed by atoms with Crippen molar-refractivity contribution in [3.05, 3.63) is 64.8 Å². The zero-order chi connectivity index (χ0) is 17.4. The molecule has 0 spiro atoms. The summed E-state index contributed by atoms with van der Waals surface area (Å²) in [5, 5.41) is 13.0. The van der Waals surface area contributed by atoms with Gasteiger partial charge in [0.05, 0.1) is 11.7 Å². The molecule has 1 N–H and O–H groups in total. The number of hydrogen-bond donors (Lipinski definition) is 1. The first-order valence-electron chi connectivity index (χ1n) is 8.52. The summed E-state index contributed by atoms with van der Waals surface area (Å²) in [6, 6.07) is 11.8. The summed E-state index contributed by atoms with van der Waals surface area (Å²) in [6.45, 7) is 2.79. The van der Waals surface area contributed by atoms with Gasteiger partial charge in [0.2, 0.25) is 0 Å². The van der Waals surface area contributed by atoms with Crippen LogP contribution in [0.2, 0.25) is 0 Å². The average Bonchev–Trinajstić information content (AvgIpc) is 3.25. The van der Waals surface area contributed by atoms with Gasteiger partial charge in [0.25, 0.3) is 0 Å². The van der Waals surface area contributed by atoms with Gasteiger partial charge in [0.1, 0.15) is 6.04 Å². The third-order valence-electron chi connectivity index (χ3n) is 4.93. The van der Waals surface area contributed by atoms with Gasteiger partial charge in [0.15, 0.2) is 0 Å². The molecule has 3 heterocycles. The fraction of sp³-hybridized carbons (Fsp3) is 0.300. The maximum Gasteiger partial charge on any atom is 0.320 e.